The molecule has 0 radical (unpaired) electrons. The van der Waals surface area contributed by atoms with Crippen molar-refractivity contribution in [1.82, 2.24) is 9.88 Å². The highest BCUT2D eigenvalue weighted by Crippen LogP contribution is 2.35. The van der Waals surface area contributed by atoms with Crippen LogP contribution in [0.2, 0.25) is 0 Å². The molecule has 1 saturated heterocycles. The highest BCUT2D eigenvalue weighted by atomic mass is 16.7. The van der Waals surface area contributed by atoms with Gasteiger partial charge in [-0.15, -0.1) is 0 Å². The van der Waals surface area contributed by atoms with Crippen LogP contribution in [0, 0.1) is 0 Å². The third kappa shape index (κ3) is 3.13. The van der Waals surface area contributed by atoms with E-state index in [0.29, 0.717) is 12.3 Å². The maximum atomic E-state index is 12.5. The number of benzene rings is 2. The number of piperazine rings is 1. The molecule has 138 valence electrons. The average molecular weight is 363 g/mol. The lowest BCUT2D eigenvalue weighted by Crippen LogP contribution is -2.46. The van der Waals surface area contributed by atoms with E-state index in [0.717, 1.165) is 48.4 Å². The summed E-state index contributed by atoms with van der Waals surface area (Å²) in [6, 6.07) is 16.2. The summed E-state index contributed by atoms with van der Waals surface area (Å²) in [5.41, 5.74) is 2.79. The van der Waals surface area contributed by atoms with Gasteiger partial charge in [0, 0.05) is 55.4 Å². The lowest BCUT2D eigenvalue weighted by molar-refractivity contribution is 0.174. The van der Waals surface area contributed by atoms with Gasteiger partial charge in [0.1, 0.15) is 0 Å². The van der Waals surface area contributed by atoms with E-state index in [-0.39, 0.29) is 12.4 Å². The molecule has 0 bridgehead atoms. The normalized spacial score (nSPS) is 16.8. The zero-order chi connectivity index (χ0) is 18.2. The van der Waals surface area contributed by atoms with Gasteiger partial charge in [-0.3, -0.25) is 9.69 Å². The van der Waals surface area contributed by atoms with Crippen molar-refractivity contribution in [3.8, 4) is 11.5 Å². The van der Waals surface area contributed by atoms with Crippen molar-refractivity contribution in [2.75, 3.05) is 37.9 Å². The van der Waals surface area contributed by atoms with Gasteiger partial charge in [0.2, 0.25) is 6.79 Å². The second-order valence-electron chi connectivity index (χ2n) is 7.02. The van der Waals surface area contributed by atoms with Gasteiger partial charge in [-0.2, -0.15) is 0 Å². The van der Waals surface area contributed by atoms with Gasteiger partial charge in [-0.05, 0) is 24.3 Å². The summed E-state index contributed by atoms with van der Waals surface area (Å²) in [7, 11) is 0. The number of aromatic amines is 1. The molecule has 2 aliphatic rings. The Morgan fingerprint density at radius 3 is 2.44 bits per heavy atom. The molecule has 27 heavy (non-hydrogen) atoms. The Bertz CT molecular complexity index is 1020. The minimum Gasteiger partial charge on any atom is -0.454 e. The van der Waals surface area contributed by atoms with Gasteiger partial charge in [0.25, 0.3) is 5.56 Å². The van der Waals surface area contributed by atoms with Crippen molar-refractivity contribution in [3.63, 3.8) is 0 Å². The topological polar surface area (TPSA) is 57.8 Å². The molecule has 0 saturated carbocycles. The monoisotopic (exact) mass is 363 g/mol. The molecule has 5 rings (SSSR count). The summed E-state index contributed by atoms with van der Waals surface area (Å²) >= 11 is 0. The molecule has 0 aliphatic carbocycles. The maximum Gasteiger partial charge on any atom is 0.252 e. The van der Waals surface area contributed by atoms with Gasteiger partial charge in [0.05, 0.1) is 5.52 Å². The first-order chi connectivity index (χ1) is 13.3. The number of nitrogens with one attached hydrogen (secondary N) is 1. The quantitative estimate of drug-likeness (QED) is 0.775. The Morgan fingerprint density at radius 1 is 0.926 bits per heavy atom. The number of nitrogens with zero attached hydrogens (tertiary/aromatic N) is 2. The van der Waals surface area contributed by atoms with E-state index in [1.54, 1.807) is 0 Å². The number of aromatic nitrogens is 1. The molecule has 6 heteroatoms. The van der Waals surface area contributed by atoms with Crippen LogP contribution in [0.25, 0.3) is 10.9 Å². The van der Waals surface area contributed by atoms with E-state index >= 15 is 0 Å². The first kappa shape index (κ1) is 16.2. The fourth-order valence-corrected chi connectivity index (χ4v) is 3.80. The first-order valence-electron chi connectivity index (χ1n) is 9.24. The minimum atomic E-state index is -0.0353. The number of para-hydroxylation sites is 1. The van der Waals surface area contributed by atoms with Crippen molar-refractivity contribution in [3.05, 3.63) is 64.4 Å². The van der Waals surface area contributed by atoms with Crippen LogP contribution in [0.1, 0.15) is 5.56 Å². The number of hydrogen-bond donors (Lipinski definition) is 1. The minimum absolute atomic E-state index is 0.0353. The molecule has 1 N–H and O–H groups in total. The van der Waals surface area contributed by atoms with E-state index in [9.17, 15) is 4.79 Å². The Hall–Kier alpha value is -2.99. The summed E-state index contributed by atoms with van der Waals surface area (Å²) in [4.78, 5) is 20.2. The molecule has 0 spiro atoms. The summed E-state index contributed by atoms with van der Waals surface area (Å²) in [5, 5.41) is 0.969. The van der Waals surface area contributed by atoms with Gasteiger partial charge < -0.3 is 19.4 Å². The number of fused-ring (bicyclic) bond motifs is 2. The van der Waals surface area contributed by atoms with E-state index < -0.39 is 0 Å². The second kappa shape index (κ2) is 6.63. The SMILES string of the molecule is O=c1[nH]c2cc3c(cc2cc1CN1CCN(c2ccccc2)CC1)OCO3. The van der Waals surface area contributed by atoms with Gasteiger partial charge in [-0.25, -0.2) is 0 Å². The van der Waals surface area contributed by atoms with Crippen molar-refractivity contribution >= 4 is 16.6 Å². The predicted octanol–water partition coefficient (Wildman–Crippen LogP) is 2.58. The number of anilines is 1. The number of pyridine rings is 1. The number of H-pyrrole nitrogens is 1. The van der Waals surface area contributed by atoms with Crippen molar-refractivity contribution in [2.24, 2.45) is 0 Å². The molecule has 2 aliphatic heterocycles. The highest BCUT2D eigenvalue weighted by Gasteiger charge is 2.19. The standard InChI is InChI=1S/C21H21N3O3/c25-21-16(10-15-11-19-20(27-14-26-19)12-18(15)22-21)13-23-6-8-24(9-7-23)17-4-2-1-3-5-17/h1-5,10-12H,6-9,13-14H2,(H,22,25). The summed E-state index contributed by atoms with van der Waals surface area (Å²) < 4.78 is 10.8. The molecular formula is C21H21N3O3. The molecule has 0 unspecified atom stereocenters. The van der Waals surface area contributed by atoms with Gasteiger partial charge in [0.15, 0.2) is 11.5 Å². The maximum absolute atomic E-state index is 12.5. The molecule has 3 heterocycles. The van der Waals surface area contributed by atoms with Crippen LogP contribution in [0.4, 0.5) is 5.69 Å². The average Bonchev–Trinajstić information content (AvgIpc) is 3.15. The fraction of sp³-hybridized carbons (Fsp3) is 0.286. The molecule has 2 aromatic carbocycles. The largest absolute Gasteiger partial charge is 0.454 e. The van der Waals surface area contributed by atoms with Gasteiger partial charge in [-0.1, -0.05) is 18.2 Å². The van der Waals surface area contributed by atoms with Crippen molar-refractivity contribution < 1.29 is 9.47 Å². The lowest BCUT2D eigenvalue weighted by Gasteiger charge is -2.36. The number of hydrogen-bond acceptors (Lipinski definition) is 5. The molecule has 1 aromatic heterocycles. The Morgan fingerprint density at radius 2 is 1.67 bits per heavy atom. The Kier molecular flexibility index (Phi) is 3.98. The number of rotatable bonds is 3. The molecule has 6 nitrogen and oxygen atoms in total. The third-order valence-corrected chi connectivity index (χ3v) is 5.30. The van der Waals surface area contributed by atoms with Crippen LogP contribution in [0.5, 0.6) is 11.5 Å². The van der Waals surface area contributed by atoms with Gasteiger partial charge >= 0.3 is 0 Å². The molecular weight excluding hydrogens is 342 g/mol. The highest BCUT2D eigenvalue weighted by molar-refractivity contribution is 5.83. The molecule has 1 fully saturated rings. The first-order valence-corrected chi connectivity index (χ1v) is 9.24. The summed E-state index contributed by atoms with van der Waals surface area (Å²) in [6.07, 6.45) is 0. The van der Waals surface area contributed by atoms with E-state index in [4.69, 9.17) is 9.47 Å². The smallest absolute Gasteiger partial charge is 0.252 e. The fourth-order valence-electron chi connectivity index (χ4n) is 3.80. The van der Waals surface area contributed by atoms with Crippen LogP contribution in [0.15, 0.2) is 53.3 Å². The molecule has 0 amide bonds. The Balaban J connectivity index is 1.32. The third-order valence-electron chi connectivity index (χ3n) is 5.30. The lowest BCUT2D eigenvalue weighted by atomic mass is 10.1. The van der Waals surface area contributed by atoms with Crippen molar-refractivity contribution in [2.45, 2.75) is 6.54 Å². The summed E-state index contributed by atoms with van der Waals surface area (Å²) in [5.74, 6) is 1.42. The summed E-state index contributed by atoms with van der Waals surface area (Å²) in [6.45, 7) is 4.69. The van der Waals surface area contributed by atoms with Crippen LogP contribution in [0.3, 0.4) is 0 Å². The second-order valence-corrected chi connectivity index (χ2v) is 7.02. The molecule has 0 atom stereocenters. The van der Waals surface area contributed by atoms with E-state index in [1.807, 2.05) is 24.3 Å². The molecule has 3 aromatic rings. The van der Waals surface area contributed by atoms with Crippen LogP contribution in [-0.4, -0.2) is 42.9 Å². The van der Waals surface area contributed by atoms with E-state index in [2.05, 4.69) is 39.0 Å². The number of ether oxygens (including phenoxy) is 2. The van der Waals surface area contributed by atoms with Crippen LogP contribution >= 0.6 is 0 Å². The van der Waals surface area contributed by atoms with Crippen molar-refractivity contribution in [1.29, 1.82) is 0 Å². The predicted molar refractivity (Wildman–Crippen MR) is 105 cm³/mol. The van der Waals surface area contributed by atoms with Crippen LogP contribution in [-0.2, 0) is 6.54 Å². The van der Waals surface area contributed by atoms with E-state index in [1.165, 1.54) is 5.69 Å². The van der Waals surface area contributed by atoms with Crippen LogP contribution < -0.4 is 19.9 Å². The zero-order valence-electron chi connectivity index (χ0n) is 15.0. The zero-order valence-corrected chi connectivity index (χ0v) is 15.0. The Labute approximate surface area is 156 Å².